The number of esters is 1. The average molecular weight is 591 g/mol. The lowest BCUT2D eigenvalue weighted by Gasteiger charge is -2.48. The van der Waals surface area contributed by atoms with Gasteiger partial charge in [-0.15, -0.1) is 28.6 Å². The molecule has 6 rings (SSSR count). The van der Waals surface area contributed by atoms with E-state index in [1.54, 1.807) is 6.07 Å². The van der Waals surface area contributed by atoms with Crippen LogP contribution >= 0.6 is 23.5 Å². The molecule has 0 bridgehead atoms. The number of rotatable bonds is 9. The van der Waals surface area contributed by atoms with Crippen LogP contribution in [0.5, 0.6) is 0 Å². The normalized spacial score (nSPS) is 18.5. The zero-order chi connectivity index (χ0) is 28.5. The van der Waals surface area contributed by atoms with Crippen LogP contribution in [-0.2, 0) is 27.5 Å². The van der Waals surface area contributed by atoms with Gasteiger partial charge in [-0.3, -0.25) is 9.69 Å². The zero-order valence-electron chi connectivity index (χ0n) is 21.7. The molecule has 4 N–H and O–H groups in total. The second kappa shape index (κ2) is 11.6. The van der Waals surface area contributed by atoms with Crippen LogP contribution in [0.1, 0.15) is 28.7 Å². The Kier molecular flexibility index (Phi) is 7.77. The first kappa shape index (κ1) is 27.4. The van der Waals surface area contributed by atoms with E-state index in [-0.39, 0.29) is 41.8 Å². The second-order valence-electron chi connectivity index (χ2n) is 9.42. The molecule has 13 heteroatoms. The minimum atomic E-state index is -0.685. The second-order valence-corrected chi connectivity index (χ2v) is 11.5. The summed E-state index contributed by atoms with van der Waals surface area (Å²) in [5, 5.41) is 23.8. The van der Waals surface area contributed by atoms with Crippen LogP contribution in [0.2, 0.25) is 0 Å². The van der Waals surface area contributed by atoms with E-state index in [0.29, 0.717) is 27.8 Å². The molecule has 0 aliphatic carbocycles. The maximum absolute atomic E-state index is 13.9. The molecule has 0 saturated carbocycles. The number of aliphatic hydroxyl groups is 2. The number of hydrogen-bond donors (Lipinski definition) is 3. The van der Waals surface area contributed by atoms with Crippen molar-refractivity contribution in [3.8, 4) is 0 Å². The van der Waals surface area contributed by atoms with Gasteiger partial charge < -0.3 is 20.7 Å². The molecule has 0 radical (unpaired) electrons. The van der Waals surface area contributed by atoms with Crippen LogP contribution in [-0.4, -0.2) is 69.5 Å². The standard InChI is InChI=1S/C28H26N6O5S2/c29-22-25(37)33-23(27(38)39-24(16-7-3-1-4-8-16)17-9-5-2-6-10-17)18(15-41-26(22)33)14-40-21-11-19(12-35)30-28-31-20(13-36)32-34(21)28/h1-11,22,24,26,35-36H,12-15,29H2/t22?,26-/m0/s1. The predicted octanol–water partition coefficient (Wildman–Crippen LogP) is 2.03. The molecule has 210 valence electrons. The first-order valence-electron chi connectivity index (χ1n) is 12.8. The Labute approximate surface area is 243 Å². The predicted molar refractivity (Wildman–Crippen MR) is 152 cm³/mol. The smallest absolute Gasteiger partial charge is 0.356 e. The minimum absolute atomic E-state index is 0.196. The van der Waals surface area contributed by atoms with Crippen LogP contribution in [0, 0.1) is 0 Å². The van der Waals surface area contributed by atoms with E-state index in [1.165, 1.54) is 32.9 Å². The first-order chi connectivity index (χ1) is 20.0. The number of nitrogens with zero attached hydrogens (tertiary/aromatic N) is 5. The highest BCUT2D eigenvalue weighted by atomic mass is 32.2. The van der Waals surface area contributed by atoms with E-state index in [2.05, 4.69) is 15.1 Å². The van der Waals surface area contributed by atoms with E-state index in [1.807, 2.05) is 60.7 Å². The molecule has 2 aromatic heterocycles. The summed E-state index contributed by atoms with van der Waals surface area (Å²) in [5.74, 6) is 0.298. The van der Waals surface area contributed by atoms with Crippen LogP contribution < -0.4 is 5.73 Å². The summed E-state index contributed by atoms with van der Waals surface area (Å²) in [6.07, 6.45) is -0.677. The first-order valence-corrected chi connectivity index (χ1v) is 14.8. The number of fused-ring (bicyclic) bond motifs is 2. The van der Waals surface area contributed by atoms with Gasteiger partial charge >= 0.3 is 5.97 Å². The maximum atomic E-state index is 13.9. The number of amides is 1. The molecule has 4 aromatic rings. The lowest BCUT2D eigenvalue weighted by molar-refractivity contribution is -0.153. The van der Waals surface area contributed by atoms with Gasteiger partial charge in [0.15, 0.2) is 11.9 Å². The monoisotopic (exact) mass is 590 g/mol. The summed E-state index contributed by atoms with van der Waals surface area (Å²) in [6.45, 7) is -0.661. The lowest BCUT2D eigenvalue weighted by Crippen LogP contribution is -2.68. The lowest BCUT2D eigenvalue weighted by atomic mass is 10.0. The summed E-state index contributed by atoms with van der Waals surface area (Å²) >= 11 is 2.85. The Balaban J connectivity index is 1.35. The van der Waals surface area contributed by atoms with Gasteiger partial charge in [0.25, 0.3) is 5.78 Å². The van der Waals surface area contributed by atoms with Crippen molar-refractivity contribution in [2.24, 2.45) is 5.73 Å². The molecule has 2 aromatic carbocycles. The fourth-order valence-corrected chi connectivity index (χ4v) is 7.22. The van der Waals surface area contributed by atoms with Gasteiger partial charge in [0.1, 0.15) is 28.7 Å². The van der Waals surface area contributed by atoms with Crippen molar-refractivity contribution in [2.45, 2.75) is 35.8 Å². The summed E-state index contributed by atoms with van der Waals surface area (Å²) in [7, 11) is 0. The molecule has 4 heterocycles. The highest BCUT2D eigenvalue weighted by Gasteiger charge is 2.52. The average Bonchev–Trinajstić information content (AvgIpc) is 3.45. The molecule has 1 fully saturated rings. The number of carbonyl (C=O) groups is 2. The summed E-state index contributed by atoms with van der Waals surface area (Å²) < 4.78 is 7.64. The SMILES string of the molecule is NC1C(=O)N2C(C(=O)OC(c3ccccc3)c3ccccc3)=C(CSc3cc(CO)nc4nc(CO)nn34)CS[C@@H]12. The molecular formula is C28H26N6O5S2. The number of β-lactam (4-membered cyclic amide) rings is 1. The molecule has 41 heavy (non-hydrogen) atoms. The topological polar surface area (TPSA) is 156 Å². The van der Waals surface area contributed by atoms with Crippen molar-refractivity contribution in [1.29, 1.82) is 0 Å². The summed E-state index contributed by atoms with van der Waals surface area (Å²) in [5.41, 5.74) is 8.99. The van der Waals surface area contributed by atoms with Gasteiger partial charge in [0.05, 0.1) is 12.3 Å². The number of nitrogens with two attached hydrogens (primary N) is 1. The van der Waals surface area contributed by atoms with Crippen molar-refractivity contribution < 1.29 is 24.5 Å². The van der Waals surface area contributed by atoms with Crippen LogP contribution in [0.3, 0.4) is 0 Å². The number of benzene rings is 2. The Bertz CT molecular complexity index is 1590. The number of aliphatic hydroxyl groups excluding tert-OH is 2. The molecule has 2 atom stereocenters. The molecule has 0 spiro atoms. The van der Waals surface area contributed by atoms with Gasteiger partial charge in [-0.2, -0.15) is 9.50 Å². The van der Waals surface area contributed by atoms with Crippen molar-refractivity contribution in [1.82, 2.24) is 24.5 Å². The Morgan fingerprint density at radius 3 is 2.39 bits per heavy atom. The van der Waals surface area contributed by atoms with E-state index >= 15 is 0 Å². The molecule has 11 nitrogen and oxygen atoms in total. The van der Waals surface area contributed by atoms with Crippen LogP contribution in [0.25, 0.3) is 5.78 Å². The third-order valence-corrected chi connectivity index (χ3v) is 9.23. The molecular weight excluding hydrogens is 564 g/mol. The number of carbonyl (C=O) groups excluding carboxylic acids is 2. The van der Waals surface area contributed by atoms with E-state index in [4.69, 9.17) is 10.5 Å². The maximum Gasteiger partial charge on any atom is 0.356 e. The molecule has 2 aliphatic rings. The van der Waals surface area contributed by atoms with Gasteiger partial charge in [0, 0.05) is 11.5 Å². The third kappa shape index (κ3) is 5.22. The molecule has 1 unspecified atom stereocenters. The van der Waals surface area contributed by atoms with E-state index < -0.39 is 18.1 Å². The van der Waals surface area contributed by atoms with Crippen molar-refractivity contribution in [3.63, 3.8) is 0 Å². The quantitative estimate of drug-likeness (QED) is 0.113. The summed E-state index contributed by atoms with van der Waals surface area (Å²) in [6, 6.07) is 19.9. The Morgan fingerprint density at radius 2 is 1.76 bits per heavy atom. The van der Waals surface area contributed by atoms with E-state index in [9.17, 15) is 19.8 Å². The molecule has 1 amide bonds. The fourth-order valence-electron chi connectivity index (χ4n) is 4.77. The van der Waals surface area contributed by atoms with Gasteiger partial charge in [-0.1, -0.05) is 60.7 Å². The summed E-state index contributed by atoms with van der Waals surface area (Å²) in [4.78, 5) is 36.7. The molecule has 1 saturated heterocycles. The zero-order valence-corrected chi connectivity index (χ0v) is 23.3. The largest absolute Gasteiger partial charge is 0.448 e. The van der Waals surface area contributed by atoms with E-state index in [0.717, 1.165) is 11.1 Å². The fraction of sp³-hybridized carbons (Fsp3) is 0.250. The van der Waals surface area contributed by atoms with Crippen LogP contribution in [0.15, 0.2) is 83.0 Å². The van der Waals surface area contributed by atoms with Crippen molar-refractivity contribution in [2.75, 3.05) is 11.5 Å². The third-order valence-electron chi connectivity index (χ3n) is 6.79. The minimum Gasteiger partial charge on any atom is -0.448 e. The Hall–Kier alpha value is -3.75. The highest BCUT2D eigenvalue weighted by Crippen LogP contribution is 2.42. The van der Waals surface area contributed by atoms with Gasteiger partial charge in [-0.05, 0) is 22.8 Å². The van der Waals surface area contributed by atoms with Gasteiger partial charge in [0.2, 0.25) is 5.91 Å². The number of aromatic nitrogens is 4. The Morgan fingerprint density at radius 1 is 1.07 bits per heavy atom. The highest BCUT2D eigenvalue weighted by molar-refractivity contribution is 8.01. The van der Waals surface area contributed by atoms with Crippen molar-refractivity contribution >= 4 is 41.2 Å². The van der Waals surface area contributed by atoms with Crippen LogP contribution in [0.4, 0.5) is 0 Å². The van der Waals surface area contributed by atoms with Gasteiger partial charge in [-0.25, -0.2) is 9.78 Å². The number of thioether (sulfide) groups is 2. The number of hydrogen-bond acceptors (Lipinski definition) is 11. The van der Waals surface area contributed by atoms with Crippen molar-refractivity contribution in [3.05, 3.63) is 101 Å². The number of ether oxygens (including phenoxy) is 1. The molecule has 2 aliphatic heterocycles.